The van der Waals surface area contributed by atoms with E-state index in [1.54, 1.807) is 36.5 Å². The van der Waals surface area contributed by atoms with Gasteiger partial charge in [-0.2, -0.15) is 0 Å². The molecule has 0 N–H and O–H groups in total. The van der Waals surface area contributed by atoms with Gasteiger partial charge in [0.15, 0.2) is 0 Å². The molecule has 0 fully saturated rings. The molecular formula is C21H15Cl4NO. The summed E-state index contributed by atoms with van der Waals surface area (Å²) in [5, 5.41) is 2.37. The molecule has 0 radical (unpaired) electrons. The average Bonchev–Trinajstić information content (AvgIpc) is 2.63. The predicted molar refractivity (Wildman–Crippen MR) is 116 cm³/mol. The Morgan fingerprint density at radius 2 is 1.52 bits per heavy atom. The van der Waals surface area contributed by atoms with E-state index in [0.717, 1.165) is 22.4 Å². The van der Waals surface area contributed by atoms with Gasteiger partial charge in [-0.15, -0.1) is 0 Å². The van der Waals surface area contributed by atoms with Gasteiger partial charge in [-0.05, 0) is 55.0 Å². The SMILES string of the molecule is Cc1ccc(Cl)cc1N=Cc1cc(Cl)ccc1OCc1ccc(Cl)cc1Cl. The van der Waals surface area contributed by atoms with E-state index in [1.807, 2.05) is 31.2 Å². The Morgan fingerprint density at radius 3 is 2.30 bits per heavy atom. The highest BCUT2D eigenvalue weighted by Crippen LogP contribution is 2.27. The zero-order valence-electron chi connectivity index (χ0n) is 14.3. The highest BCUT2D eigenvalue weighted by molar-refractivity contribution is 6.35. The summed E-state index contributed by atoms with van der Waals surface area (Å²) in [6, 6.07) is 16.2. The number of aliphatic imine (C=N–C) groups is 1. The van der Waals surface area contributed by atoms with Gasteiger partial charge < -0.3 is 4.74 Å². The number of rotatable bonds is 5. The first-order chi connectivity index (χ1) is 12.9. The summed E-state index contributed by atoms with van der Waals surface area (Å²) in [5.74, 6) is 0.647. The lowest BCUT2D eigenvalue weighted by Crippen LogP contribution is -1.99. The molecule has 3 aromatic rings. The Hall–Kier alpha value is -1.71. The molecule has 0 aliphatic heterocycles. The van der Waals surface area contributed by atoms with Crippen molar-refractivity contribution >= 4 is 58.3 Å². The fraction of sp³-hybridized carbons (Fsp3) is 0.0952. The predicted octanol–water partition coefficient (Wildman–Crippen LogP) is 7.94. The van der Waals surface area contributed by atoms with Crippen LogP contribution in [0.4, 0.5) is 5.69 Å². The van der Waals surface area contributed by atoms with Crippen LogP contribution in [-0.4, -0.2) is 6.21 Å². The molecule has 0 aliphatic rings. The van der Waals surface area contributed by atoms with Gasteiger partial charge in [0.05, 0.1) is 5.69 Å². The van der Waals surface area contributed by atoms with E-state index < -0.39 is 0 Å². The van der Waals surface area contributed by atoms with Crippen molar-refractivity contribution in [1.29, 1.82) is 0 Å². The van der Waals surface area contributed by atoms with Crippen LogP contribution < -0.4 is 4.74 Å². The molecule has 0 saturated carbocycles. The first-order valence-electron chi connectivity index (χ1n) is 8.09. The first-order valence-corrected chi connectivity index (χ1v) is 9.60. The fourth-order valence-corrected chi connectivity index (χ4v) is 3.22. The summed E-state index contributed by atoms with van der Waals surface area (Å²) in [5.41, 5.74) is 3.40. The maximum Gasteiger partial charge on any atom is 0.128 e. The summed E-state index contributed by atoms with van der Waals surface area (Å²) >= 11 is 24.3. The van der Waals surface area contributed by atoms with Crippen LogP contribution in [-0.2, 0) is 6.61 Å². The summed E-state index contributed by atoms with van der Waals surface area (Å²) in [6.07, 6.45) is 1.71. The third-order valence-electron chi connectivity index (χ3n) is 3.88. The normalized spacial score (nSPS) is 11.1. The molecule has 0 bridgehead atoms. The Labute approximate surface area is 178 Å². The third-order valence-corrected chi connectivity index (χ3v) is 4.94. The monoisotopic (exact) mass is 437 g/mol. The van der Waals surface area contributed by atoms with Gasteiger partial charge in [0.2, 0.25) is 0 Å². The van der Waals surface area contributed by atoms with Crippen molar-refractivity contribution < 1.29 is 4.74 Å². The summed E-state index contributed by atoms with van der Waals surface area (Å²) in [7, 11) is 0. The number of aryl methyl sites for hydroxylation is 1. The van der Waals surface area contributed by atoms with E-state index in [1.165, 1.54) is 0 Å². The molecule has 2 nitrogen and oxygen atoms in total. The van der Waals surface area contributed by atoms with Crippen molar-refractivity contribution in [2.45, 2.75) is 13.5 Å². The van der Waals surface area contributed by atoms with Gasteiger partial charge in [-0.25, -0.2) is 0 Å². The number of benzene rings is 3. The highest BCUT2D eigenvalue weighted by Gasteiger charge is 2.07. The maximum absolute atomic E-state index is 6.21. The van der Waals surface area contributed by atoms with Gasteiger partial charge in [0.25, 0.3) is 0 Å². The van der Waals surface area contributed by atoms with E-state index >= 15 is 0 Å². The number of hydrogen-bond acceptors (Lipinski definition) is 2. The van der Waals surface area contributed by atoms with Crippen LogP contribution in [0.5, 0.6) is 5.75 Å². The van der Waals surface area contributed by atoms with E-state index in [4.69, 9.17) is 51.1 Å². The second-order valence-corrected chi connectivity index (χ2v) is 7.61. The van der Waals surface area contributed by atoms with Crippen molar-refractivity contribution in [2.24, 2.45) is 4.99 Å². The maximum atomic E-state index is 6.21. The first kappa shape index (κ1) is 20.0. The Kier molecular flexibility index (Phi) is 6.67. The third kappa shape index (κ3) is 5.40. The Bertz CT molecular complexity index is 1000. The number of halogens is 4. The van der Waals surface area contributed by atoms with Crippen LogP contribution in [0.3, 0.4) is 0 Å². The minimum absolute atomic E-state index is 0.300. The second kappa shape index (κ2) is 8.99. The molecule has 0 aliphatic carbocycles. The van der Waals surface area contributed by atoms with Crippen molar-refractivity contribution in [3.05, 3.63) is 91.4 Å². The van der Waals surface area contributed by atoms with E-state index in [2.05, 4.69) is 4.99 Å². The smallest absolute Gasteiger partial charge is 0.128 e. The molecule has 138 valence electrons. The standard InChI is InChI=1S/C21H15Cl4NO/c1-13-2-4-18(24)10-20(13)26-11-15-8-16(22)6-7-21(15)27-12-14-3-5-17(23)9-19(14)25/h2-11H,12H2,1H3. The second-order valence-electron chi connectivity index (χ2n) is 5.90. The van der Waals surface area contributed by atoms with Gasteiger partial charge in [-0.1, -0.05) is 58.5 Å². The minimum Gasteiger partial charge on any atom is -0.488 e. The minimum atomic E-state index is 0.300. The van der Waals surface area contributed by atoms with Crippen molar-refractivity contribution in [1.82, 2.24) is 0 Å². The molecule has 3 aromatic carbocycles. The molecule has 0 unspecified atom stereocenters. The zero-order valence-corrected chi connectivity index (χ0v) is 17.4. The van der Waals surface area contributed by atoms with E-state index in [-0.39, 0.29) is 0 Å². The molecular weight excluding hydrogens is 424 g/mol. The quantitative estimate of drug-likeness (QED) is 0.370. The van der Waals surface area contributed by atoms with Crippen LogP contribution in [0.1, 0.15) is 16.7 Å². The number of ether oxygens (including phenoxy) is 1. The Balaban J connectivity index is 1.84. The van der Waals surface area contributed by atoms with E-state index in [9.17, 15) is 0 Å². The van der Waals surface area contributed by atoms with Crippen LogP contribution in [0.25, 0.3) is 0 Å². The topological polar surface area (TPSA) is 21.6 Å². The fourth-order valence-electron chi connectivity index (χ4n) is 2.41. The molecule has 3 rings (SSSR count). The van der Waals surface area contributed by atoms with Crippen LogP contribution >= 0.6 is 46.4 Å². The van der Waals surface area contributed by atoms with Crippen molar-refractivity contribution in [2.75, 3.05) is 0 Å². The van der Waals surface area contributed by atoms with Gasteiger partial charge >= 0.3 is 0 Å². The molecule has 0 amide bonds. The summed E-state index contributed by atoms with van der Waals surface area (Å²) in [6.45, 7) is 2.27. The largest absolute Gasteiger partial charge is 0.488 e. The van der Waals surface area contributed by atoms with Gasteiger partial charge in [0.1, 0.15) is 12.4 Å². The molecule has 0 aromatic heterocycles. The lowest BCUT2D eigenvalue weighted by molar-refractivity contribution is 0.306. The molecule has 0 saturated heterocycles. The highest BCUT2D eigenvalue weighted by atomic mass is 35.5. The van der Waals surface area contributed by atoms with Crippen LogP contribution in [0.2, 0.25) is 20.1 Å². The van der Waals surface area contributed by atoms with Crippen molar-refractivity contribution in [3.63, 3.8) is 0 Å². The molecule has 6 heteroatoms. The average molecular weight is 439 g/mol. The molecule has 0 spiro atoms. The zero-order chi connectivity index (χ0) is 19.4. The Morgan fingerprint density at radius 1 is 0.852 bits per heavy atom. The van der Waals surface area contributed by atoms with E-state index in [0.29, 0.717) is 32.4 Å². The molecule has 0 heterocycles. The summed E-state index contributed by atoms with van der Waals surface area (Å²) in [4.78, 5) is 4.53. The van der Waals surface area contributed by atoms with Crippen molar-refractivity contribution in [3.8, 4) is 5.75 Å². The number of nitrogens with zero attached hydrogens (tertiary/aromatic N) is 1. The van der Waals surface area contributed by atoms with Gasteiger partial charge in [0, 0.05) is 37.4 Å². The molecule has 27 heavy (non-hydrogen) atoms. The van der Waals surface area contributed by atoms with Gasteiger partial charge in [-0.3, -0.25) is 4.99 Å². The lowest BCUT2D eigenvalue weighted by atomic mass is 10.2. The number of hydrogen-bond donors (Lipinski definition) is 0. The van der Waals surface area contributed by atoms with Crippen LogP contribution in [0, 0.1) is 6.92 Å². The molecule has 0 atom stereocenters. The lowest BCUT2D eigenvalue weighted by Gasteiger charge is -2.11. The summed E-state index contributed by atoms with van der Waals surface area (Å²) < 4.78 is 5.94. The van der Waals surface area contributed by atoms with Crippen LogP contribution in [0.15, 0.2) is 59.6 Å².